The molecule has 0 bridgehead atoms. The first kappa shape index (κ1) is 13.3. The molecule has 0 aliphatic heterocycles. The predicted octanol–water partition coefficient (Wildman–Crippen LogP) is 3.75. The van der Waals surface area contributed by atoms with E-state index in [1.165, 1.54) is 4.68 Å². The quantitative estimate of drug-likeness (QED) is 0.688. The van der Waals surface area contributed by atoms with Gasteiger partial charge in [0.1, 0.15) is 5.69 Å². The molecular weight excluding hydrogens is 292 g/mol. The summed E-state index contributed by atoms with van der Waals surface area (Å²) in [5.74, 6) is 0.523. The second-order valence-electron chi connectivity index (χ2n) is 4.44. The van der Waals surface area contributed by atoms with Crippen LogP contribution in [0.5, 0.6) is 0 Å². The number of halogens is 1. The number of hydrogen-bond acceptors (Lipinski definition) is 3. The van der Waals surface area contributed by atoms with E-state index in [9.17, 15) is 4.79 Å². The Balaban J connectivity index is 2.27. The van der Waals surface area contributed by atoms with Crippen molar-refractivity contribution in [2.45, 2.75) is 13.0 Å². The Labute approximate surface area is 125 Å². The molecule has 1 aromatic carbocycles. The molecule has 0 saturated heterocycles. The molecule has 5 heteroatoms. The standard InChI is InChI=1S/C15H13ClN2OS/c16-8-4-9-18-15(19)12-6-2-1-5-11(12)14(17-18)13-7-3-10-20-13/h1-3,5-7,10H,4,8-9H2. The van der Waals surface area contributed by atoms with Gasteiger partial charge in [-0.1, -0.05) is 24.3 Å². The molecule has 2 aromatic heterocycles. The van der Waals surface area contributed by atoms with Gasteiger partial charge in [0.2, 0.25) is 0 Å². The Morgan fingerprint density at radius 1 is 1.15 bits per heavy atom. The monoisotopic (exact) mass is 304 g/mol. The molecule has 0 fully saturated rings. The maximum atomic E-state index is 12.4. The third-order valence-corrected chi connectivity index (χ3v) is 4.27. The lowest BCUT2D eigenvalue weighted by atomic mass is 10.1. The molecule has 0 aliphatic rings. The summed E-state index contributed by atoms with van der Waals surface area (Å²) in [4.78, 5) is 13.5. The molecule has 20 heavy (non-hydrogen) atoms. The van der Waals surface area contributed by atoms with E-state index >= 15 is 0 Å². The second kappa shape index (κ2) is 5.77. The van der Waals surface area contributed by atoms with Gasteiger partial charge in [-0.15, -0.1) is 22.9 Å². The maximum Gasteiger partial charge on any atom is 0.274 e. The first-order chi connectivity index (χ1) is 9.81. The summed E-state index contributed by atoms with van der Waals surface area (Å²) in [7, 11) is 0. The summed E-state index contributed by atoms with van der Waals surface area (Å²) in [5, 5.41) is 8.16. The van der Waals surface area contributed by atoms with Crippen LogP contribution in [0.25, 0.3) is 21.3 Å². The number of aryl methyl sites for hydroxylation is 1. The number of aromatic nitrogens is 2. The highest BCUT2D eigenvalue weighted by atomic mass is 35.5. The van der Waals surface area contributed by atoms with Gasteiger partial charge in [-0.2, -0.15) is 5.10 Å². The topological polar surface area (TPSA) is 34.9 Å². The van der Waals surface area contributed by atoms with Gasteiger partial charge in [0, 0.05) is 17.8 Å². The summed E-state index contributed by atoms with van der Waals surface area (Å²) >= 11 is 7.35. The zero-order valence-electron chi connectivity index (χ0n) is 10.8. The van der Waals surface area contributed by atoms with Crippen LogP contribution in [0.4, 0.5) is 0 Å². The van der Waals surface area contributed by atoms with E-state index in [2.05, 4.69) is 5.10 Å². The molecule has 0 N–H and O–H groups in total. The summed E-state index contributed by atoms with van der Waals surface area (Å²) in [6.45, 7) is 0.547. The largest absolute Gasteiger partial charge is 0.274 e. The van der Waals surface area contributed by atoms with Crippen LogP contribution in [0.2, 0.25) is 0 Å². The van der Waals surface area contributed by atoms with Gasteiger partial charge in [-0.05, 0) is 23.9 Å². The molecule has 0 saturated carbocycles. The number of thiophene rings is 1. The van der Waals surface area contributed by atoms with Gasteiger partial charge >= 0.3 is 0 Å². The number of nitrogens with zero attached hydrogens (tertiary/aromatic N) is 2. The molecule has 0 atom stereocenters. The van der Waals surface area contributed by atoms with Crippen molar-refractivity contribution >= 4 is 33.7 Å². The Morgan fingerprint density at radius 3 is 2.65 bits per heavy atom. The van der Waals surface area contributed by atoms with Gasteiger partial charge in [-0.3, -0.25) is 4.79 Å². The lowest BCUT2D eigenvalue weighted by molar-refractivity contribution is 0.579. The Bertz CT molecular complexity index is 780. The van der Waals surface area contributed by atoms with Crippen molar-refractivity contribution in [1.29, 1.82) is 0 Å². The van der Waals surface area contributed by atoms with Crippen LogP contribution in [0.15, 0.2) is 46.6 Å². The average Bonchev–Trinajstić information content (AvgIpc) is 3.01. The summed E-state index contributed by atoms with van der Waals surface area (Å²) in [5.41, 5.74) is 0.816. The van der Waals surface area contributed by atoms with Crippen LogP contribution in [0.1, 0.15) is 6.42 Å². The molecule has 0 unspecified atom stereocenters. The normalized spacial score (nSPS) is 11.1. The number of rotatable bonds is 4. The highest BCUT2D eigenvalue weighted by Crippen LogP contribution is 2.28. The van der Waals surface area contributed by atoms with Crippen LogP contribution < -0.4 is 5.56 Å². The first-order valence-corrected chi connectivity index (χ1v) is 7.82. The van der Waals surface area contributed by atoms with Gasteiger partial charge in [-0.25, -0.2) is 4.68 Å². The van der Waals surface area contributed by atoms with Gasteiger partial charge < -0.3 is 0 Å². The van der Waals surface area contributed by atoms with Crippen molar-refractivity contribution in [1.82, 2.24) is 9.78 Å². The highest BCUT2D eigenvalue weighted by molar-refractivity contribution is 7.13. The smallest absolute Gasteiger partial charge is 0.267 e. The summed E-state index contributed by atoms with van der Waals surface area (Å²) in [6.07, 6.45) is 0.733. The fourth-order valence-electron chi connectivity index (χ4n) is 2.19. The van der Waals surface area contributed by atoms with Crippen molar-refractivity contribution in [2.24, 2.45) is 0 Å². The molecule has 3 rings (SSSR count). The SMILES string of the molecule is O=c1c2ccccc2c(-c2cccs2)nn1CCCCl. The first-order valence-electron chi connectivity index (χ1n) is 6.41. The predicted molar refractivity (Wildman–Crippen MR) is 84.7 cm³/mol. The van der Waals surface area contributed by atoms with Crippen LogP contribution in [-0.4, -0.2) is 15.7 Å². The summed E-state index contributed by atoms with van der Waals surface area (Å²) < 4.78 is 1.53. The van der Waals surface area contributed by atoms with Crippen LogP contribution in [0, 0.1) is 0 Å². The molecule has 0 spiro atoms. The van der Waals surface area contributed by atoms with E-state index in [1.807, 2.05) is 41.8 Å². The van der Waals surface area contributed by atoms with Crippen molar-refractivity contribution in [2.75, 3.05) is 5.88 Å². The number of fused-ring (bicyclic) bond motifs is 1. The third-order valence-electron chi connectivity index (χ3n) is 3.13. The van der Waals surface area contributed by atoms with Crippen LogP contribution in [-0.2, 0) is 6.54 Å². The van der Waals surface area contributed by atoms with Gasteiger partial charge in [0.05, 0.1) is 10.3 Å². The molecular formula is C15H13ClN2OS. The Kier molecular flexibility index (Phi) is 3.85. The molecule has 0 aliphatic carbocycles. The minimum atomic E-state index is -0.0500. The van der Waals surface area contributed by atoms with Crippen molar-refractivity contribution in [3.8, 4) is 10.6 Å². The summed E-state index contributed by atoms with van der Waals surface area (Å²) in [6, 6.07) is 11.6. The maximum absolute atomic E-state index is 12.4. The molecule has 0 radical (unpaired) electrons. The fourth-order valence-corrected chi connectivity index (χ4v) is 3.03. The zero-order chi connectivity index (χ0) is 13.9. The van der Waals surface area contributed by atoms with E-state index in [1.54, 1.807) is 11.3 Å². The average molecular weight is 305 g/mol. The minimum absolute atomic E-state index is 0.0500. The van der Waals surface area contributed by atoms with Crippen molar-refractivity contribution < 1.29 is 0 Å². The molecule has 0 amide bonds. The van der Waals surface area contributed by atoms with Gasteiger partial charge in [0.15, 0.2) is 0 Å². The van der Waals surface area contributed by atoms with E-state index < -0.39 is 0 Å². The lowest BCUT2D eigenvalue weighted by Crippen LogP contribution is -2.24. The van der Waals surface area contributed by atoms with Crippen LogP contribution >= 0.6 is 22.9 Å². The zero-order valence-corrected chi connectivity index (χ0v) is 12.3. The number of hydrogen-bond donors (Lipinski definition) is 0. The van der Waals surface area contributed by atoms with E-state index in [-0.39, 0.29) is 5.56 Å². The van der Waals surface area contributed by atoms with Gasteiger partial charge in [0.25, 0.3) is 5.56 Å². The van der Waals surface area contributed by atoms with E-state index in [0.29, 0.717) is 17.8 Å². The third kappa shape index (κ3) is 2.37. The van der Waals surface area contributed by atoms with E-state index in [4.69, 9.17) is 11.6 Å². The Hall–Kier alpha value is -1.65. The number of benzene rings is 1. The Morgan fingerprint density at radius 2 is 1.95 bits per heavy atom. The molecule has 3 aromatic rings. The molecule has 2 heterocycles. The minimum Gasteiger partial charge on any atom is -0.267 e. The highest BCUT2D eigenvalue weighted by Gasteiger charge is 2.12. The van der Waals surface area contributed by atoms with Crippen molar-refractivity contribution in [3.63, 3.8) is 0 Å². The molecule has 102 valence electrons. The molecule has 3 nitrogen and oxygen atoms in total. The fraction of sp³-hybridized carbons (Fsp3) is 0.200. The second-order valence-corrected chi connectivity index (χ2v) is 5.77. The van der Waals surface area contributed by atoms with Crippen molar-refractivity contribution in [3.05, 3.63) is 52.1 Å². The lowest BCUT2D eigenvalue weighted by Gasteiger charge is -2.09. The van der Waals surface area contributed by atoms with E-state index in [0.717, 1.165) is 22.4 Å². The number of alkyl halides is 1. The van der Waals surface area contributed by atoms with Crippen LogP contribution in [0.3, 0.4) is 0 Å².